The average Bonchev–Trinajstić information content (AvgIpc) is 2.87. The Bertz CT molecular complexity index is 624. The van der Waals surface area contributed by atoms with Crippen LogP contribution in [-0.4, -0.2) is 10.9 Å². The third-order valence-electron chi connectivity index (χ3n) is 2.93. The lowest BCUT2D eigenvalue weighted by molar-refractivity contribution is 0.0907. The molecule has 0 aliphatic carbocycles. The zero-order valence-electron chi connectivity index (χ0n) is 11.3. The third kappa shape index (κ3) is 3.36. The number of benzene rings is 1. The molecule has 0 aliphatic rings. The number of nitrogens with two attached hydrogens (primary N) is 1. The summed E-state index contributed by atoms with van der Waals surface area (Å²) in [6, 6.07) is 7.44. The Morgan fingerprint density at radius 1 is 1.50 bits per heavy atom. The molecule has 0 radical (unpaired) electrons. The number of hydrogen-bond acceptors (Lipinski definition) is 4. The van der Waals surface area contributed by atoms with Gasteiger partial charge in [-0.2, -0.15) is 0 Å². The van der Waals surface area contributed by atoms with Crippen LogP contribution < -0.4 is 11.1 Å². The minimum atomic E-state index is -0.533. The maximum absolute atomic E-state index is 12.2. The van der Waals surface area contributed by atoms with Crippen LogP contribution in [0.4, 0.5) is 0 Å². The molecule has 0 saturated heterocycles. The number of amides is 1. The highest BCUT2D eigenvalue weighted by molar-refractivity contribution is 7.09. The Labute approximate surface area is 127 Å². The van der Waals surface area contributed by atoms with Crippen LogP contribution in [0.5, 0.6) is 0 Å². The van der Waals surface area contributed by atoms with Crippen LogP contribution in [0.25, 0.3) is 0 Å². The lowest BCUT2D eigenvalue weighted by atomic mass is 9.94. The Balaban J connectivity index is 2.17. The second-order valence-electron chi connectivity index (χ2n) is 4.92. The molecule has 0 bridgehead atoms. The summed E-state index contributed by atoms with van der Waals surface area (Å²) in [6.45, 7) is 4.19. The number of thiazole rings is 1. The fraction of sp³-hybridized carbons (Fsp3) is 0.286. The second kappa shape index (κ2) is 5.91. The summed E-state index contributed by atoms with van der Waals surface area (Å²) in [7, 11) is 0. The van der Waals surface area contributed by atoms with Gasteiger partial charge in [0.25, 0.3) is 5.91 Å². The fourth-order valence-corrected chi connectivity index (χ4v) is 2.65. The fourth-order valence-electron chi connectivity index (χ4n) is 1.81. The van der Waals surface area contributed by atoms with Gasteiger partial charge in [0.1, 0.15) is 10.7 Å². The summed E-state index contributed by atoms with van der Waals surface area (Å²) in [5.74, 6) is -0.217. The first-order valence-electron chi connectivity index (χ1n) is 6.15. The van der Waals surface area contributed by atoms with E-state index in [9.17, 15) is 4.79 Å². The minimum absolute atomic E-state index is 0.217. The molecule has 1 aromatic carbocycles. The largest absolute Gasteiger partial charge is 0.342 e. The van der Waals surface area contributed by atoms with Crippen LogP contribution in [0.2, 0.25) is 5.02 Å². The standard InChI is InChI=1S/C14H16ClN3OS/c1-14(2,9-4-3-5-10(15)6-9)18-13(19)11-8-20-12(7-16)17-11/h3-6,8H,7,16H2,1-2H3,(H,18,19). The summed E-state index contributed by atoms with van der Waals surface area (Å²) >= 11 is 7.37. The molecule has 0 aliphatic heterocycles. The highest BCUT2D eigenvalue weighted by Gasteiger charge is 2.24. The molecule has 0 spiro atoms. The number of carbonyl (C=O) groups is 1. The van der Waals surface area contributed by atoms with Crippen LogP contribution in [0.3, 0.4) is 0 Å². The maximum atomic E-state index is 12.2. The van der Waals surface area contributed by atoms with Gasteiger partial charge in [0.05, 0.1) is 5.54 Å². The predicted octanol–water partition coefficient (Wildman–Crippen LogP) is 2.92. The number of halogens is 1. The van der Waals surface area contributed by atoms with Crippen molar-refractivity contribution >= 4 is 28.8 Å². The summed E-state index contributed by atoms with van der Waals surface area (Å²) in [4.78, 5) is 16.4. The molecule has 1 heterocycles. The van der Waals surface area contributed by atoms with Crippen molar-refractivity contribution in [2.75, 3.05) is 0 Å². The van der Waals surface area contributed by atoms with Crippen molar-refractivity contribution in [3.05, 3.63) is 50.9 Å². The van der Waals surface area contributed by atoms with Gasteiger partial charge in [-0.1, -0.05) is 23.7 Å². The van der Waals surface area contributed by atoms with Crippen molar-refractivity contribution in [1.82, 2.24) is 10.3 Å². The van der Waals surface area contributed by atoms with Gasteiger partial charge >= 0.3 is 0 Å². The molecule has 2 rings (SSSR count). The van der Waals surface area contributed by atoms with E-state index < -0.39 is 5.54 Å². The summed E-state index contributed by atoms with van der Waals surface area (Å²) < 4.78 is 0. The molecule has 0 atom stereocenters. The van der Waals surface area contributed by atoms with Crippen LogP contribution in [0.15, 0.2) is 29.6 Å². The molecule has 2 aromatic rings. The van der Waals surface area contributed by atoms with Crippen molar-refractivity contribution in [1.29, 1.82) is 0 Å². The van der Waals surface area contributed by atoms with E-state index in [-0.39, 0.29) is 5.91 Å². The van der Waals surface area contributed by atoms with E-state index in [1.807, 2.05) is 32.0 Å². The third-order valence-corrected chi connectivity index (χ3v) is 4.04. The van der Waals surface area contributed by atoms with Crippen molar-refractivity contribution in [2.45, 2.75) is 25.9 Å². The van der Waals surface area contributed by atoms with Gasteiger partial charge in [-0.05, 0) is 31.5 Å². The van der Waals surface area contributed by atoms with Gasteiger partial charge in [0.15, 0.2) is 0 Å². The van der Waals surface area contributed by atoms with Crippen LogP contribution in [0.1, 0.15) is 34.9 Å². The second-order valence-corrected chi connectivity index (χ2v) is 6.30. The summed E-state index contributed by atoms with van der Waals surface area (Å²) in [6.07, 6.45) is 0. The molecule has 3 N–H and O–H groups in total. The normalized spacial score (nSPS) is 11.4. The van der Waals surface area contributed by atoms with Gasteiger partial charge in [-0.25, -0.2) is 4.98 Å². The lowest BCUT2D eigenvalue weighted by Gasteiger charge is -2.26. The summed E-state index contributed by atoms with van der Waals surface area (Å²) in [5.41, 5.74) is 6.30. The average molecular weight is 310 g/mol. The monoisotopic (exact) mass is 309 g/mol. The molecule has 106 valence electrons. The molecule has 0 fully saturated rings. The van der Waals surface area contributed by atoms with E-state index in [0.717, 1.165) is 10.6 Å². The Hall–Kier alpha value is -1.43. The minimum Gasteiger partial charge on any atom is -0.342 e. The molecule has 0 unspecified atom stereocenters. The highest BCUT2D eigenvalue weighted by atomic mass is 35.5. The van der Waals surface area contributed by atoms with Crippen molar-refractivity contribution in [3.8, 4) is 0 Å². The highest BCUT2D eigenvalue weighted by Crippen LogP contribution is 2.23. The quantitative estimate of drug-likeness (QED) is 0.912. The molecule has 6 heteroatoms. The SMILES string of the molecule is CC(C)(NC(=O)c1csc(CN)n1)c1cccc(Cl)c1. The number of hydrogen-bond donors (Lipinski definition) is 2. The summed E-state index contributed by atoms with van der Waals surface area (Å²) in [5, 5.41) is 6.06. The number of carbonyl (C=O) groups excluding carboxylic acids is 1. The number of nitrogens with zero attached hydrogens (tertiary/aromatic N) is 1. The van der Waals surface area contributed by atoms with Crippen LogP contribution in [0, 0.1) is 0 Å². The smallest absolute Gasteiger partial charge is 0.271 e. The van der Waals surface area contributed by atoms with E-state index in [1.165, 1.54) is 11.3 Å². The predicted molar refractivity (Wildman–Crippen MR) is 81.9 cm³/mol. The number of nitrogens with one attached hydrogen (secondary N) is 1. The molecule has 20 heavy (non-hydrogen) atoms. The lowest BCUT2D eigenvalue weighted by Crippen LogP contribution is -2.41. The van der Waals surface area contributed by atoms with Crippen molar-refractivity contribution in [2.24, 2.45) is 5.73 Å². The molecular formula is C14H16ClN3OS. The molecule has 4 nitrogen and oxygen atoms in total. The Morgan fingerprint density at radius 3 is 2.85 bits per heavy atom. The zero-order chi connectivity index (χ0) is 14.8. The van der Waals surface area contributed by atoms with E-state index in [2.05, 4.69) is 10.3 Å². The zero-order valence-corrected chi connectivity index (χ0v) is 12.9. The Morgan fingerprint density at radius 2 is 2.25 bits per heavy atom. The Kier molecular flexibility index (Phi) is 4.42. The number of rotatable bonds is 4. The van der Waals surface area contributed by atoms with Crippen molar-refractivity contribution < 1.29 is 4.79 Å². The van der Waals surface area contributed by atoms with Gasteiger partial charge in [-0.15, -0.1) is 11.3 Å². The first kappa shape index (κ1) is 15.0. The van der Waals surface area contributed by atoms with Gasteiger partial charge in [0.2, 0.25) is 0 Å². The maximum Gasteiger partial charge on any atom is 0.271 e. The molecule has 1 amide bonds. The van der Waals surface area contributed by atoms with Crippen LogP contribution in [-0.2, 0) is 12.1 Å². The van der Waals surface area contributed by atoms with E-state index in [1.54, 1.807) is 11.4 Å². The van der Waals surface area contributed by atoms with Gasteiger partial charge in [-0.3, -0.25) is 4.79 Å². The van der Waals surface area contributed by atoms with Crippen LogP contribution >= 0.6 is 22.9 Å². The molecule has 0 saturated carbocycles. The van der Waals surface area contributed by atoms with Crippen molar-refractivity contribution in [3.63, 3.8) is 0 Å². The van der Waals surface area contributed by atoms with E-state index >= 15 is 0 Å². The first-order chi connectivity index (χ1) is 9.42. The molecular weight excluding hydrogens is 294 g/mol. The topological polar surface area (TPSA) is 68.0 Å². The van der Waals surface area contributed by atoms with E-state index in [4.69, 9.17) is 17.3 Å². The molecule has 1 aromatic heterocycles. The van der Waals surface area contributed by atoms with Gasteiger partial charge < -0.3 is 11.1 Å². The van der Waals surface area contributed by atoms with Gasteiger partial charge in [0, 0.05) is 16.9 Å². The number of aromatic nitrogens is 1. The van der Waals surface area contributed by atoms with E-state index in [0.29, 0.717) is 17.3 Å². The first-order valence-corrected chi connectivity index (χ1v) is 7.41.